The summed E-state index contributed by atoms with van der Waals surface area (Å²) in [6.45, 7) is -0.641. The second-order valence-electron chi connectivity index (χ2n) is 9.34. The van der Waals surface area contributed by atoms with E-state index in [0.29, 0.717) is 32.1 Å². The molecule has 13 heteroatoms. The monoisotopic (exact) mass is 563 g/mol. The third-order valence-corrected chi connectivity index (χ3v) is 6.25. The first-order chi connectivity index (χ1) is 18.3. The van der Waals surface area contributed by atoms with Gasteiger partial charge in [-0.25, -0.2) is 4.39 Å². The fourth-order valence-electron chi connectivity index (χ4n) is 4.45. The number of alkyl halides is 6. The Labute approximate surface area is 218 Å². The van der Waals surface area contributed by atoms with E-state index in [0.717, 1.165) is 30.2 Å². The van der Waals surface area contributed by atoms with Crippen molar-refractivity contribution in [2.45, 2.75) is 31.8 Å². The number of carboxylic acids is 1. The lowest BCUT2D eigenvalue weighted by Crippen LogP contribution is -2.40. The molecule has 0 unspecified atom stereocenters. The Morgan fingerprint density at radius 2 is 1.87 bits per heavy atom. The Balaban J connectivity index is 1.43. The van der Waals surface area contributed by atoms with Crippen LogP contribution < -0.4 is 14.2 Å². The van der Waals surface area contributed by atoms with E-state index in [-0.39, 0.29) is 29.2 Å². The average Bonchev–Trinajstić information content (AvgIpc) is 2.86. The third-order valence-electron chi connectivity index (χ3n) is 6.25. The van der Waals surface area contributed by atoms with Gasteiger partial charge in [0, 0.05) is 25.2 Å². The highest BCUT2D eigenvalue weighted by Gasteiger charge is 2.36. The zero-order valence-electron chi connectivity index (χ0n) is 20.4. The molecule has 6 nitrogen and oxygen atoms in total. The molecule has 2 aromatic carbocycles. The minimum absolute atomic E-state index is 0.0191. The van der Waals surface area contributed by atoms with Crippen LogP contribution in [0.2, 0.25) is 0 Å². The van der Waals surface area contributed by atoms with E-state index >= 15 is 0 Å². The SMILES string of the molecule is O=C(O)[C@H]1CCCN(CC2=Cc3c(F)cc(OCc4ccc(OCC(F)(F)F)c(C(F)(F)F)c4)cc3OC2)C1. The Bertz CT molecular complexity index is 1240. The molecule has 1 saturated heterocycles. The number of ether oxygens (including phenoxy) is 3. The van der Waals surface area contributed by atoms with Crippen LogP contribution in [0.1, 0.15) is 29.5 Å². The summed E-state index contributed by atoms with van der Waals surface area (Å²) in [5.41, 5.74) is -0.493. The van der Waals surface area contributed by atoms with Crippen molar-refractivity contribution in [1.82, 2.24) is 4.90 Å². The average molecular weight is 563 g/mol. The van der Waals surface area contributed by atoms with Gasteiger partial charge in [0.2, 0.25) is 0 Å². The smallest absolute Gasteiger partial charge is 0.422 e. The summed E-state index contributed by atoms with van der Waals surface area (Å²) in [6, 6.07) is 4.95. The molecule has 39 heavy (non-hydrogen) atoms. The van der Waals surface area contributed by atoms with Gasteiger partial charge in [-0.3, -0.25) is 9.69 Å². The number of rotatable bonds is 8. The van der Waals surface area contributed by atoms with Gasteiger partial charge in [0.05, 0.1) is 17.0 Å². The summed E-state index contributed by atoms with van der Waals surface area (Å²) in [7, 11) is 0. The number of aliphatic carboxylic acids is 1. The first kappa shape index (κ1) is 28.5. The third kappa shape index (κ3) is 7.55. The van der Waals surface area contributed by atoms with Crippen molar-refractivity contribution in [2.75, 3.05) is 32.8 Å². The standard InChI is InChI=1S/C26H24F7NO5/c27-21-8-18(37-12-15-3-4-22(39-14-25(28,29)30)20(7-15)26(31,32)33)9-23-19(21)6-16(13-38-23)10-34-5-1-2-17(11-34)24(35)36/h3-4,6-9,17H,1-2,5,10-14H2,(H,35,36)/t17-/m0/s1. The lowest BCUT2D eigenvalue weighted by atomic mass is 9.97. The topological polar surface area (TPSA) is 68.2 Å². The number of fused-ring (bicyclic) bond motifs is 1. The van der Waals surface area contributed by atoms with Crippen LogP contribution in [0, 0.1) is 11.7 Å². The summed E-state index contributed by atoms with van der Waals surface area (Å²) in [6.07, 6.45) is -6.82. The normalized spacial score (nSPS) is 18.1. The maximum absolute atomic E-state index is 14.9. The first-order valence-corrected chi connectivity index (χ1v) is 11.9. The number of hydrogen-bond acceptors (Lipinski definition) is 5. The van der Waals surface area contributed by atoms with Gasteiger partial charge in [0.25, 0.3) is 0 Å². The lowest BCUT2D eigenvalue weighted by Gasteiger charge is -2.32. The molecule has 1 atom stereocenters. The van der Waals surface area contributed by atoms with Crippen LogP contribution in [-0.4, -0.2) is 55.0 Å². The minimum atomic E-state index is -4.98. The van der Waals surface area contributed by atoms with Crippen LogP contribution in [0.5, 0.6) is 17.2 Å². The quantitative estimate of drug-likeness (QED) is 0.402. The van der Waals surface area contributed by atoms with Gasteiger partial charge in [-0.1, -0.05) is 6.07 Å². The predicted octanol–water partition coefficient (Wildman–Crippen LogP) is 5.94. The molecule has 2 aliphatic rings. The fourth-order valence-corrected chi connectivity index (χ4v) is 4.45. The van der Waals surface area contributed by atoms with Gasteiger partial charge in [0.1, 0.15) is 36.3 Å². The number of nitrogens with zero attached hydrogens (tertiary/aromatic N) is 1. The minimum Gasteiger partial charge on any atom is -0.489 e. The summed E-state index contributed by atoms with van der Waals surface area (Å²) < 4.78 is 108. The number of piperidine rings is 1. The van der Waals surface area contributed by atoms with Gasteiger partial charge >= 0.3 is 18.3 Å². The molecular formula is C26H24F7NO5. The van der Waals surface area contributed by atoms with E-state index in [1.165, 1.54) is 6.07 Å². The van der Waals surface area contributed by atoms with Gasteiger partial charge in [-0.05, 0) is 48.7 Å². The zero-order chi connectivity index (χ0) is 28.4. The highest BCUT2D eigenvalue weighted by molar-refractivity contribution is 5.70. The van der Waals surface area contributed by atoms with Crippen molar-refractivity contribution in [2.24, 2.45) is 5.92 Å². The number of hydrogen-bond donors (Lipinski definition) is 1. The van der Waals surface area contributed by atoms with E-state index in [1.807, 2.05) is 4.90 Å². The zero-order valence-corrected chi connectivity index (χ0v) is 20.4. The molecule has 0 saturated carbocycles. The molecule has 0 spiro atoms. The summed E-state index contributed by atoms with van der Waals surface area (Å²) in [5, 5.41) is 9.26. The van der Waals surface area contributed by atoms with Crippen molar-refractivity contribution in [3.63, 3.8) is 0 Å². The van der Waals surface area contributed by atoms with Crippen molar-refractivity contribution in [1.29, 1.82) is 0 Å². The maximum Gasteiger partial charge on any atom is 0.422 e. The molecule has 0 bridgehead atoms. The molecule has 2 aromatic rings. The summed E-state index contributed by atoms with van der Waals surface area (Å²) in [5.74, 6) is -2.81. The van der Waals surface area contributed by atoms with Crippen molar-refractivity contribution < 1.29 is 54.8 Å². The van der Waals surface area contributed by atoms with Crippen LogP contribution in [0.3, 0.4) is 0 Å². The number of carboxylic acid groups (broad SMARTS) is 1. The number of benzene rings is 2. The van der Waals surface area contributed by atoms with Gasteiger partial charge in [0.15, 0.2) is 6.61 Å². The van der Waals surface area contributed by atoms with Crippen LogP contribution in [0.4, 0.5) is 30.7 Å². The lowest BCUT2D eigenvalue weighted by molar-refractivity contribution is -0.158. The molecule has 1 N–H and O–H groups in total. The molecule has 0 radical (unpaired) electrons. The van der Waals surface area contributed by atoms with E-state index in [4.69, 9.17) is 9.47 Å². The molecule has 2 heterocycles. The van der Waals surface area contributed by atoms with E-state index in [2.05, 4.69) is 4.74 Å². The van der Waals surface area contributed by atoms with Crippen molar-refractivity contribution in [3.8, 4) is 17.2 Å². The Hall–Kier alpha value is -3.48. The van der Waals surface area contributed by atoms with Crippen LogP contribution in [-0.2, 0) is 17.6 Å². The maximum atomic E-state index is 14.9. The molecule has 0 amide bonds. The molecular weight excluding hydrogens is 539 g/mol. The number of likely N-dealkylation sites (tertiary alicyclic amines) is 1. The largest absolute Gasteiger partial charge is 0.489 e. The first-order valence-electron chi connectivity index (χ1n) is 11.9. The second-order valence-corrected chi connectivity index (χ2v) is 9.34. The highest BCUT2D eigenvalue weighted by Crippen LogP contribution is 2.38. The number of carbonyl (C=O) groups is 1. The van der Waals surface area contributed by atoms with Crippen LogP contribution >= 0.6 is 0 Å². The number of halogens is 7. The Kier molecular flexibility index (Phi) is 8.28. The van der Waals surface area contributed by atoms with E-state index in [1.54, 1.807) is 6.08 Å². The second kappa shape index (κ2) is 11.3. The molecule has 4 rings (SSSR count). The van der Waals surface area contributed by atoms with Gasteiger partial charge in [-0.2, -0.15) is 26.3 Å². The van der Waals surface area contributed by atoms with Crippen LogP contribution in [0.25, 0.3) is 6.08 Å². The summed E-state index contributed by atoms with van der Waals surface area (Å²) >= 11 is 0. The van der Waals surface area contributed by atoms with Crippen LogP contribution in [0.15, 0.2) is 35.9 Å². The molecule has 212 valence electrons. The van der Waals surface area contributed by atoms with Crippen molar-refractivity contribution >= 4 is 12.0 Å². The fraction of sp³-hybridized carbons (Fsp3) is 0.423. The van der Waals surface area contributed by atoms with E-state index < -0.39 is 54.6 Å². The van der Waals surface area contributed by atoms with Gasteiger partial charge < -0.3 is 19.3 Å². The molecule has 0 aromatic heterocycles. The van der Waals surface area contributed by atoms with Crippen molar-refractivity contribution in [3.05, 3.63) is 58.4 Å². The Morgan fingerprint density at radius 3 is 2.56 bits per heavy atom. The molecule has 2 aliphatic heterocycles. The summed E-state index contributed by atoms with van der Waals surface area (Å²) in [4.78, 5) is 13.3. The molecule has 0 aliphatic carbocycles. The highest BCUT2D eigenvalue weighted by atomic mass is 19.4. The van der Waals surface area contributed by atoms with Gasteiger partial charge in [-0.15, -0.1) is 0 Å². The van der Waals surface area contributed by atoms with E-state index in [9.17, 15) is 40.6 Å². The molecule has 1 fully saturated rings. The predicted molar refractivity (Wildman–Crippen MR) is 124 cm³/mol. The Morgan fingerprint density at radius 1 is 1.10 bits per heavy atom.